The molecule has 0 aliphatic heterocycles. The van der Waals surface area contributed by atoms with Gasteiger partial charge in [-0.3, -0.25) is 4.79 Å². The summed E-state index contributed by atoms with van der Waals surface area (Å²) in [5.41, 5.74) is 4.41. The maximum Gasteiger partial charge on any atom is 0.237 e. The van der Waals surface area contributed by atoms with E-state index in [2.05, 4.69) is 5.32 Å². The maximum atomic E-state index is 13.3. The molecule has 0 aliphatic rings. The number of nitrogens with two attached hydrogens (primary N) is 1. The van der Waals surface area contributed by atoms with Gasteiger partial charge in [-0.15, -0.1) is 0 Å². The third kappa shape index (κ3) is 3.89. The zero-order chi connectivity index (χ0) is 14.5. The van der Waals surface area contributed by atoms with Gasteiger partial charge in [0, 0.05) is 0 Å². The monoisotopic (exact) mass is 272 g/mol. The van der Waals surface area contributed by atoms with Gasteiger partial charge in [0.25, 0.3) is 0 Å². The Hall–Kier alpha value is -1.69. The van der Waals surface area contributed by atoms with Crippen molar-refractivity contribution in [1.82, 2.24) is 5.32 Å². The van der Waals surface area contributed by atoms with E-state index in [1.807, 2.05) is 0 Å². The largest absolute Gasteiger partial charge is 0.488 e. The summed E-state index contributed by atoms with van der Waals surface area (Å²) in [5, 5.41) is 2.82. The van der Waals surface area contributed by atoms with Gasteiger partial charge in [0.15, 0.2) is 17.4 Å². The third-order valence-corrected chi connectivity index (χ3v) is 3.08. The SMILES string of the molecule is CNC(C)(CCCOc1c(F)cccc1F)C(N)=O. The fourth-order valence-corrected chi connectivity index (χ4v) is 1.59. The number of halogens is 2. The van der Waals surface area contributed by atoms with Crippen molar-refractivity contribution in [2.45, 2.75) is 25.3 Å². The average molecular weight is 272 g/mol. The average Bonchev–Trinajstić information content (AvgIpc) is 2.36. The van der Waals surface area contributed by atoms with Crippen LogP contribution in [-0.4, -0.2) is 25.1 Å². The number of likely N-dealkylation sites (N-methyl/N-ethyl adjacent to an activating group) is 1. The molecule has 0 radical (unpaired) electrons. The van der Waals surface area contributed by atoms with E-state index in [0.717, 1.165) is 12.1 Å². The van der Waals surface area contributed by atoms with E-state index in [1.165, 1.54) is 6.07 Å². The molecule has 19 heavy (non-hydrogen) atoms. The molecule has 0 bridgehead atoms. The van der Waals surface area contributed by atoms with Gasteiger partial charge in [-0.2, -0.15) is 0 Å². The quantitative estimate of drug-likeness (QED) is 0.741. The van der Waals surface area contributed by atoms with Gasteiger partial charge in [0.1, 0.15) is 0 Å². The van der Waals surface area contributed by atoms with E-state index in [-0.39, 0.29) is 6.61 Å². The van der Waals surface area contributed by atoms with Crippen LogP contribution in [0.4, 0.5) is 8.78 Å². The summed E-state index contributed by atoms with van der Waals surface area (Å²) in [6, 6.07) is 3.52. The molecule has 6 heteroatoms. The number of rotatable bonds is 7. The number of primary amides is 1. The van der Waals surface area contributed by atoms with E-state index in [1.54, 1.807) is 14.0 Å². The molecule has 1 atom stereocenters. The van der Waals surface area contributed by atoms with Crippen molar-refractivity contribution in [3.8, 4) is 5.75 Å². The highest BCUT2D eigenvalue weighted by Gasteiger charge is 2.28. The van der Waals surface area contributed by atoms with Gasteiger partial charge < -0.3 is 15.8 Å². The van der Waals surface area contributed by atoms with E-state index in [9.17, 15) is 13.6 Å². The lowest BCUT2D eigenvalue weighted by Crippen LogP contribution is -2.51. The lowest BCUT2D eigenvalue weighted by Gasteiger charge is -2.25. The summed E-state index contributed by atoms with van der Waals surface area (Å²) < 4.78 is 31.6. The molecule has 1 aromatic carbocycles. The highest BCUT2D eigenvalue weighted by atomic mass is 19.1. The molecule has 1 unspecified atom stereocenters. The number of amides is 1. The highest BCUT2D eigenvalue weighted by Crippen LogP contribution is 2.21. The van der Waals surface area contributed by atoms with Crippen LogP contribution < -0.4 is 15.8 Å². The van der Waals surface area contributed by atoms with Crippen molar-refractivity contribution in [3.05, 3.63) is 29.8 Å². The summed E-state index contributed by atoms with van der Waals surface area (Å²) in [4.78, 5) is 11.2. The van der Waals surface area contributed by atoms with Crippen LogP contribution in [0.2, 0.25) is 0 Å². The second-order valence-electron chi connectivity index (χ2n) is 4.45. The normalized spacial score (nSPS) is 13.9. The fourth-order valence-electron chi connectivity index (χ4n) is 1.59. The Labute approximate surface area is 110 Å². The molecule has 0 fully saturated rings. The minimum atomic E-state index is -0.850. The zero-order valence-electron chi connectivity index (χ0n) is 11.0. The van der Waals surface area contributed by atoms with Crippen LogP contribution in [0.3, 0.4) is 0 Å². The van der Waals surface area contributed by atoms with E-state index >= 15 is 0 Å². The molecule has 1 aromatic rings. The second-order valence-corrected chi connectivity index (χ2v) is 4.45. The number of benzene rings is 1. The van der Waals surface area contributed by atoms with Crippen LogP contribution in [0, 0.1) is 11.6 Å². The van der Waals surface area contributed by atoms with Gasteiger partial charge in [-0.05, 0) is 38.9 Å². The predicted octanol–water partition coefficient (Wildman–Crippen LogP) is 1.59. The predicted molar refractivity (Wildman–Crippen MR) is 67.7 cm³/mol. The molecular formula is C13H18F2N2O2. The molecular weight excluding hydrogens is 254 g/mol. The molecule has 1 rings (SSSR count). The van der Waals surface area contributed by atoms with Crippen molar-refractivity contribution >= 4 is 5.91 Å². The van der Waals surface area contributed by atoms with Crippen molar-refractivity contribution < 1.29 is 18.3 Å². The van der Waals surface area contributed by atoms with Crippen molar-refractivity contribution in [2.75, 3.05) is 13.7 Å². The molecule has 1 amide bonds. The molecule has 0 saturated heterocycles. The van der Waals surface area contributed by atoms with E-state index in [0.29, 0.717) is 12.8 Å². The highest BCUT2D eigenvalue weighted by molar-refractivity contribution is 5.84. The Bertz CT molecular complexity index is 434. The van der Waals surface area contributed by atoms with Crippen LogP contribution in [0.5, 0.6) is 5.75 Å². The number of hydrogen-bond donors (Lipinski definition) is 2. The van der Waals surface area contributed by atoms with Crippen molar-refractivity contribution in [2.24, 2.45) is 5.73 Å². The Kier molecular flexibility index (Phi) is 5.23. The van der Waals surface area contributed by atoms with Gasteiger partial charge in [-0.1, -0.05) is 6.07 Å². The number of para-hydroxylation sites is 1. The van der Waals surface area contributed by atoms with Gasteiger partial charge in [-0.25, -0.2) is 8.78 Å². The summed E-state index contributed by atoms with van der Waals surface area (Å²) >= 11 is 0. The van der Waals surface area contributed by atoms with Crippen molar-refractivity contribution in [1.29, 1.82) is 0 Å². The Morgan fingerprint density at radius 3 is 2.47 bits per heavy atom. The molecule has 4 nitrogen and oxygen atoms in total. The second kappa shape index (κ2) is 6.47. The van der Waals surface area contributed by atoms with Crippen LogP contribution in [0.25, 0.3) is 0 Å². The minimum Gasteiger partial charge on any atom is -0.488 e. The summed E-state index contributed by atoms with van der Waals surface area (Å²) in [6.45, 7) is 1.77. The first kappa shape index (κ1) is 15.4. The van der Waals surface area contributed by atoms with Crippen LogP contribution in [-0.2, 0) is 4.79 Å². The Balaban J connectivity index is 2.49. The lowest BCUT2D eigenvalue weighted by molar-refractivity contribution is -0.123. The Morgan fingerprint density at radius 1 is 1.42 bits per heavy atom. The van der Waals surface area contributed by atoms with Crippen LogP contribution in [0.15, 0.2) is 18.2 Å². The minimum absolute atomic E-state index is 0.0996. The standard InChI is InChI=1S/C13H18F2N2O2/c1-13(17-2,12(16)18)7-4-8-19-11-9(14)5-3-6-10(11)15/h3,5-6,17H,4,7-8H2,1-2H3,(H2,16,18). The van der Waals surface area contributed by atoms with Crippen molar-refractivity contribution in [3.63, 3.8) is 0 Å². The fraction of sp³-hybridized carbons (Fsp3) is 0.462. The number of carbonyl (C=O) groups excluding carboxylic acids is 1. The number of carbonyl (C=O) groups is 1. The van der Waals surface area contributed by atoms with Gasteiger partial charge >= 0.3 is 0 Å². The lowest BCUT2D eigenvalue weighted by atomic mass is 9.95. The molecule has 0 saturated carbocycles. The molecule has 0 spiro atoms. The summed E-state index contributed by atoms with van der Waals surface area (Å²) in [6.07, 6.45) is 0.850. The molecule has 0 aliphatic carbocycles. The van der Waals surface area contributed by atoms with Crippen LogP contribution >= 0.6 is 0 Å². The molecule has 0 heterocycles. The van der Waals surface area contributed by atoms with Gasteiger partial charge in [0.05, 0.1) is 12.1 Å². The topological polar surface area (TPSA) is 64.3 Å². The molecule has 3 N–H and O–H groups in total. The smallest absolute Gasteiger partial charge is 0.237 e. The number of hydrogen-bond acceptors (Lipinski definition) is 3. The maximum absolute atomic E-state index is 13.3. The number of ether oxygens (including phenoxy) is 1. The molecule has 0 aromatic heterocycles. The molecule has 106 valence electrons. The van der Waals surface area contributed by atoms with Crippen LogP contribution in [0.1, 0.15) is 19.8 Å². The number of nitrogens with one attached hydrogen (secondary N) is 1. The first-order chi connectivity index (χ1) is 8.90. The first-order valence-corrected chi connectivity index (χ1v) is 5.96. The third-order valence-electron chi connectivity index (χ3n) is 3.08. The van der Waals surface area contributed by atoms with Gasteiger partial charge in [0.2, 0.25) is 5.91 Å². The zero-order valence-corrected chi connectivity index (χ0v) is 11.0. The summed E-state index contributed by atoms with van der Waals surface area (Å²) in [7, 11) is 1.63. The first-order valence-electron chi connectivity index (χ1n) is 5.96. The van der Waals surface area contributed by atoms with E-state index < -0.39 is 28.8 Å². The summed E-state index contributed by atoms with van der Waals surface area (Å²) in [5.74, 6) is -2.36. The Morgan fingerprint density at radius 2 is 2.00 bits per heavy atom. The van der Waals surface area contributed by atoms with E-state index in [4.69, 9.17) is 10.5 Å².